The third-order valence-corrected chi connectivity index (χ3v) is 4.57. The van der Waals surface area contributed by atoms with Crippen molar-refractivity contribution in [3.63, 3.8) is 0 Å². The summed E-state index contributed by atoms with van der Waals surface area (Å²) in [7, 11) is 0. The molecule has 1 aliphatic rings. The zero-order valence-electron chi connectivity index (χ0n) is 15.1. The number of rotatable bonds is 6. The van der Waals surface area contributed by atoms with Gasteiger partial charge in [-0.15, -0.1) is 0 Å². The summed E-state index contributed by atoms with van der Waals surface area (Å²) in [5, 5.41) is 15.0. The Balaban J connectivity index is 1.58. The predicted molar refractivity (Wildman–Crippen MR) is 97.6 cm³/mol. The van der Waals surface area contributed by atoms with E-state index < -0.39 is 29.6 Å². The number of amides is 2. The van der Waals surface area contributed by atoms with E-state index in [9.17, 15) is 23.1 Å². The molecule has 0 aromatic heterocycles. The fraction of sp³-hybridized carbons (Fsp3) is 0.350. The minimum absolute atomic E-state index is 0.0133. The molecule has 150 valence electrons. The van der Waals surface area contributed by atoms with E-state index in [4.69, 9.17) is 4.74 Å². The van der Waals surface area contributed by atoms with E-state index >= 15 is 0 Å². The summed E-state index contributed by atoms with van der Waals surface area (Å²) in [6, 6.07) is 6.16. The quantitative estimate of drug-likeness (QED) is 0.685. The van der Waals surface area contributed by atoms with Crippen molar-refractivity contribution < 1.29 is 27.8 Å². The maximum absolute atomic E-state index is 13.6. The summed E-state index contributed by atoms with van der Waals surface area (Å²) in [5.41, 5.74) is 0.430. The first kappa shape index (κ1) is 20.0. The number of carbonyl (C=O) groups excluding carboxylic acids is 1. The van der Waals surface area contributed by atoms with Gasteiger partial charge in [-0.05, 0) is 55.5 Å². The van der Waals surface area contributed by atoms with Crippen LogP contribution in [0.5, 0.6) is 5.75 Å². The Morgan fingerprint density at radius 2 is 1.86 bits per heavy atom. The zero-order valence-corrected chi connectivity index (χ0v) is 15.1. The minimum atomic E-state index is -1.22. The number of carbonyl (C=O) groups is 1. The lowest BCUT2D eigenvalue weighted by Crippen LogP contribution is -2.32. The first-order valence-corrected chi connectivity index (χ1v) is 9.06. The molecule has 1 unspecified atom stereocenters. The Morgan fingerprint density at radius 1 is 1.11 bits per heavy atom. The van der Waals surface area contributed by atoms with Crippen LogP contribution in [0, 0.1) is 17.5 Å². The Hall–Kier alpha value is -2.74. The van der Waals surface area contributed by atoms with Crippen molar-refractivity contribution in [1.82, 2.24) is 5.32 Å². The highest BCUT2D eigenvalue weighted by Crippen LogP contribution is 2.30. The fourth-order valence-electron chi connectivity index (χ4n) is 3.08. The Labute approximate surface area is 160 Å². The second kappa shape index (κ2) is 8.97. The van der Waals surface area contributed by atoms with Crippen molar-refractivity contribution in [2.45, 2.75) is 37.9 Å². The molecule has 0 radical (unpaired) electrons. The van der Waals surface area contributed by atoms with Gasteiger partial charge in [-0.3, -0.25) is 0 Å². The molecule has 5 nitrogen and oxygen atoms in total. The molecule has 3 N–H and O–H groups in total. The molecule has 0 aliphatic heterocycles. The maximum atomic E-state index is 13.6. The monoisotopic (exact) mass is 394 g/mol. The number of benzene rings is 2. The molecule has 2 amide bonds. The zero-order chi connectivity index (χ0) is 20.1. The molecule has 1 saturated carbocycles. The number of nitrogens with one attached hydrogen (secondary N) is 2. The van der Waals surface area contributed by atoms with Crippen LogP contribution in [0.2, 0.25) is 0 Å². The normalized spacial score (nSPS) is 15.3. The number of ether oxygens (including phenoxy) is 1. The molecule has 0 spiro atoms. The SMILES string of the molecule is O=C(NCC(O)c1ccc(F)c(F)c1)Nc1ccc(F)cc1OC1CCCC1. The van der Waals surface area contributed by atoms with Gasteiger partial charge in [-0.2, -0.15) is 0 Å². The summed E-state index contributed by atoms with van der Waals surface area (Å²) >= 11 is 0. The van der Waals surface area contributed by atoms with Gasteiger partial charge in [0, 0.05) is 12.6 Å². The Kier molecular flexibility index (Phi) is 6.41. The van der Waals surface area contributed by atoms with Crippen LogP contribution in [0.1, 0.15) is 37.4 Å². The largest absolute Gasteiger partial charge is 0.488 e. The lowest BCUT2D eigenvalue weighted by atomic mass is 10.1. The molecule has 2 aromatic rings. The van der Waals surface area contributed by atoms with E-state index in [0.29, 0.717) is 5.69 Å². The average molecular weight is 394 g/mol. The van der Waals surface area contributed by atoms with Gasteiger partial charge >= 0.3 is 6.03 Å². The van der Waals surface area contributed by atoms with Crippen LogP contribution in [0.15, 0.2) is 36.4 Å². The van der Waals surface area contributed by atoms with Gasteiger partial charge in [0.2, 0.25) is 0 Å². The van der Waals surface area contributed by atoms with E-state index in [-0.39, 0.29) is 24.0 Å². The Morgan fingerprint density at radius 3 is 2.57 bits per heavy atom. The van der Waals surface area contributed by atoms with Crippen LogP contribution in [-0.4, -0.2) is 23.8 Å². The molecular weight excluding hydrogens is 373 g/mol. The summed E-state index contributed by atoms with van der Waals surface area (Å²) < 4.78 is 45.6. The van der Waals surface area contributed by atoms with E-state index in [1.807, 2.05) is 0 Å². The number of aliphatic hydroxyl groups excluding tert-OH is 1. The van der Waals surface area contributed by atoms with Crippen molar-refractivity contribution in [2.75, 3.05) is 11.9 Å². The van der Waals surface area contributed by atoms with Crippen LogP contribution in [0.4, 0.5) is 23.7 Å². The van der Waals surface area contributed by atoms with Gasteiger partial charge in [-0.1, -0.05) is 6.07 Å². The average Bonchev–Trinajstić information content (AvgIpc) is 3.17. The van der Waals surface area contributed by atoms with Gasteiger partial charge in [0.15, 0.2) is 11.6 Å². The lowest BCUT2D eigenvalue weighted by Gasteiger charge is -2.18. The second-order valence-electron chi connectivity index (χ2n) is 6.69. The molecule has 0 bridgehead atoms. The van der Waals surface area contributed by atoms with Gasteiger partial charge in [-0.25, -0.2) is 18.0 Å². The van der Waals surface area contributed by atoms with Crippen LogP contribution in [0.3, 0.4) is 0 Å². The smallest absolute Gasteiger partial charge is 0.319 e. The lowest BCUT2D eigenvalue weighted by molar-refractivity contribution is 0.174. The molecule has 3 rings (SSSR count). The van der Waals surface area contributed by atoms with Crippen molar-refractivity contribution in [3.8, 4) is 5.75 Å². The van der Waals surface area contributed by atoms with Crippen LogP contribution in [-0.2, 0) is 0 Å². The van der Waals surface area contributed by atoms with Crippen molar-refractivity contribution in [2.24, 2.45) is 0 Å². The predicted octanol–water partition coefficient (Wildman–Crippen LogP) is 4.28. The molecule has 2 aromatic carbocycles. The first-order chi connectivity index (χ1) is 13.4. The second-order valence-corrected chi connectivity index (χ2v) is 6.69. The van der Waals surface area contributed by atoms with Crippen molar-refractivity contribution in [3.05, 3.63) is 59.4 Å². The molecule has 28 heavy (non-hydrogen) atoms. The van der Waals surface area contributed by atoms with Gasteiger partial charge in [0.1, 0.15) is 11.6 Å². The molecule has 1 aliphatic carbocycles. The first-order valence-electron chi connectivity index (χ1n) is 9.06. The summed E-state index contributed by atoms with van der Waals surface area (Å²) in [4.78, 5) is 12.1. The highest BCUT2D eigenvalue weighted by atomic mass is 19.2. The van der Waals surface area contributed by atoms with E-state index in [1.165, 1.54) is 24.3 Å². The van der Waals surface area contributed by atoms with Crippen molar-refractivity contribution in [1.29, 1.82) is 0 Å². The van der Waals surface area contributed by atoms with Gasteiger partial charge < -0.3 is 20.5 Å². The number of aliphatic hydroxyl groups is 1. The minimum Gasteiger partial charge on any atom is -0.488 e. The number of hydrogen-bond acceptors (Lipinski definition) is 3. The number of halogens is 3. The highest BCUT2D eigenvalue weighted by Gasteiger charge is 2.19. The van der Waals surface area contributed by atoms with Crippen molar-refractivity contribution >= 4 is 11.7 Å². The van der Waals surface area contributed by atoms with Crippen LogP contribution < -0.4 is 15.4 Å². The summed E-state index contributed by atoms with van der Waals surface area (Å²) in [6.07, 6.45) is 2.62. The fourth-order valence-corrected chi connectivity index (χ4v) is 3.08. The third kappa shape index (κ3) is 5.16. The molecule has 8 heteroatoms. The summed E-state index contributed by atoms with van der Waals surface area (Å²) in [5.74, 6) is -2.34. The van der Waals surface area contributed by atoms with Crippen LogP contribution in [0.25, 0.3) is 0 Å². The Bertz CT molecular complexity index is 841. The number of hydrogen-bond donors (Lipinski definition) is 3. The standard InChI is InChI=1S/C20H21F3N2O3/c21-13-6-8-17(19(10-13)28-14-3-1-2-4-14)25-20(27)24-11-18(26)12-5-7-15(22)16(23)9-12/h5-10,14,18,26H,1-4,11H2,(H2,24,25,27). The molecule has 1 fully saturated rings. The molecular formula is C20H21F3N2O3. The van der Waals surface area contributed by atoms with Gasteiger partial charge in [0.05, 0.1) is 17.9 Å². The van der Waals surface area contributed by atoms with Crippen LogP contribution >= 0.6 is 0 Å². The number of urea groups is 1. The maximum Gasteiger partial charge on any atom is 0.319 e. The van der Waals surface area contributed by atoms with Gasteiger partial charge in [0.25, 0.3) is 0 Å². The highest BCUT2D eigenvalue weighted by molar-refractivity contribution is 5.90. The third-order valence-electron chi connectivity index (χ3n) is 4.57. The molecule has 0 heterocycles. The van der Waals surface area contributed by atoms with E-state index in [0.717, 1.165) is 37.8 Å². The molecule has 1 atom stereocenters. The summed E-state index contributed by atoms with van der Waals surface area (Å²) in [6.45, 7) is -0.225. The van der Waals surface area contributed by atoms with E-state index in [2.05, 4.69) is 10.6 Å². The molecule has 0 saturated heterocycles. The van der Waals surface area contributed by atoms with E-state index in [1.54, 1.807) is 0 Å². The topological polar surface area (TPSA) is 70.6 Å². The number of anilines is 1.